The van der Waals surface area contributed by atoms with E-state index < -0.39 is 55.2 Å². The number of phenols is 1. The van der Waals surface area contributed by atoms with Crippen molar-refractivity contribution in [3.63, 3.8) is 0 Å². The molecule has 4 rings (SSSR count). The summed E-state index contributed by atoms with van der Waals surface area (Å²) in [6.07, 6.45) is -2.33. The lowest BCUT2D eigenvalue weighted by Gasteiger charge is -2.40. The first-order valence-corrected chi connectivity index (χ1v) is 12.8. The number of cyclic esters (lactones) is 1. The molecule has 1 aromatic rings. The highest BCUT2D eigenvalue weighted by atomic mass is 16.7. The Labute approximate surface area is 230 Å². The van der Waals surface area contributed by atoms with Crippen LogP contribution in [0.1, 0.15) is 12.0 Å². The summed E-state index contributed by atoms with van der Waals surface area (Å²) in [5, 5.41) is 50.7. The molecular weight excluding hydrogens is 532 g/mol. The number of hydrogen-bond donors (Lipinski definition) is 5. The highest BCUT2D eigenvalue weighted by Gasteiger charge is 2.47. The number of benzene rings is 1. The Morgan fingerprint density at radius 3 is 2.45 bits per heavy atom. The van der Waals surface area contributed by atoms with Gasteiger partial charge in [0, 0.05) is 12.0 Å². The largest absolute Gasteiger partial charge is 0.502 e. The molecule has 1 aliphatic carbocycles. The lowest BCUT2D eigenvalue weighted by molar-refractivity contribution is -0.299. The van der Waals surface area contributed by atoms with Crippen LogP contribution in [0.15, 0.2) is 29.9 Å². The lowest BCUT2D eigenvalue weighted by Crippen LogP contribution is -2.59. The summed E-state index contributed by atoms with van der Waals surface area (Å²) >= 11 is 0. The van der Waals surface area contributed by atoms with Crippen molar-refractivity contribution in [2.75, 3.05) is 40.6 Å². The van der Waals surface area contributed by atoms with Gasteiger partial charge in [0.15, 0.2) is 17.8 Å². The Morgan fingerprint density at radius 1 is 1.10 bits per heavy atom. The van der Waals surface area contributed by atoms with Crippen LogP contribution in [0.2, 0.25) is 0 Å². The Bertz CT molecular complexity index is 1110. The predicted octanol–water partition coefficient (Wildman–Crippen LogP) is -0.482. The van der Waals surface area contributed by atoms with Crippen LogP contribution in [0.4, 0.5) is 0 Å². The van der Waals surface area contributed by atoms with Gasteiger partial charge in [-0.2, -0.15) is 0 Å². The molecule has 8 atom stereocenters. The average molecular weight is 567 g/mol. The Hall–Kier alpha value is -3.20. The number of ether oxygens (including phenoxy) is 6. The normalized spacial score (nSPS) is 31.9. The third-order valence-electron chi connectivity index (χ3n) is 7.45. The van der Waals surface area contributed by atoms with Gasteiger partial charge in [0.1, 0.15) is 31.0 Å². The van der Waals surface area contributed by atoms with Gasteiger partial charge in [-0.3, -0.25) is 4.79 Å². The molecule has 13 nitrogen and oxygen atoms in total. The topological polar surface area (TPSA) is 191 Å². The van der Waals surface area contributed by atoms with Gasteiger partial charge in [-0.1, -0.05) is 6.08 Å². The number of aliphatic hydroxyl groups is 4. The number of phenolic OH excluding ortho intramolecular Hbond substituents is 1. The Morgan fingerprint density at radius 2 is 1.80 bits per heavy atom. The molecule has 0 radical (unpaired) electrons. The number of esters is 2. The third-order valence-corrected chi connectivity index (χ3v) is 7.45. The maximum Gasteiger partial charge on any atom is 0.330 e. The van der Waals surface area contributed by atoms with E-state index in [1.54, 1.807) is 0 Å². The molecular formula is C27H34O13. The molecule has 0 amide bonds. The number of hydrogen-bond acceptors (Lipinski definition) is 13. The van der Waals surface area contributed by atoms with Crippen LogP contribution in [0, 0.1) is 17.8 Å². The van der Waals surface area contributed by atoms with E-state index >= 15 is 0 Å². The molecule has 0 saturated carbocycles. The van der Waals surface area contributed by atoms with Gasteiger partial charge in [0.05, 0.1) is 40.0 Å². The summed E-state index contributed by atoms with van der Waals surface area (Å²) in [6.45, 7) is -0.613. The van der Waals surface area contributed by atoms with Gasteiger partial charge in [0.2, 0.25) is 5.75 Å². The smallest absolute Gasteiger partial charge is 0.330 e. The lowest BCUT2D eigenvalue weighted by atomic mass is 9.80. The van der Waals surface area contributed by atoms with Crippen LogP contribution in [0.3, 0.4) is 0 Å². The number of carbonyl (C=O) groups is 2. The average Bonchev–Trinajstić information content (AvgIpc) is 3.37. The first kappa shape index (κ1) is 29.8. The van der Waals surface area contributed by atoms with E-state index in [0.717, 1.165) is 11.6 Å². The molecule has 2 saturated heterocycles. The second-order valence-corrected chi connectivity index (χ2v) is 9.77. The molecule has 220 valence electrons. The number of methoxy groups -OCH3 is 2. The van der Waals surface area contributed by atoms with E-state index in [0.29, 0.717) is 12.0 Å². The summed E-state index contributed by atoms with van der Waals surface area (Å²) < 4.78 is 31.9. The zero-order valence-electron chi connectivity index (χ0n) is 22.0. The molecule has 0 spiro atoms. The van der Waals surface area contributed by atoms with Gasteiger partial charge in [0.25, 0.3) is 0 Å². The number of allylic oxidation sites excluding steroid dienone is 1. The molecule has 0 unspecified atom stereocenters. The maximum atomic E-state index is 12.3. The molecule has 3 aliphatic rings. The molecule has 40 heavy (non-hydrogen) atoms. The molecule has 5 N–H and O–H groups in total. The van der Waals surface area contributed by atoms with Crippen LogP contribution in [-0.2, 0) is 28.5 Å². The fraction of sp³-hybridized carbons (Fsp3) is 0.556. The van der Waals surface area contributed by atoms with E-state index in [4.69, 9.17) is 28.4 Å². The SMILES string of the molecule is COc1cc(/C=C/C(=O)OC[C@H]2O[C@H](OCC3=CC[C@H]4[C@@H](CO)C(=O)OC[C@@H]34)[C@H](O)[C@@H](O)[C@@H]2O)cc(OC)c1O. The highest BCUT2D eigenvalue weighted by Crippen LogP contribution is 2.41. The number of fused-ring (bicyclic) bond motifs is 1. The monoisotopic (exact) mass is 566 g/mol. The quantitative estimate of drug-likeness (QED) is 0.139. The Balaban J connectivity index is 1.32. The zero-order valence-corrected chi connectivity index (χ0v) is 22.0. The first-order valence-electron chi connectivity index (χ1n) is 12.8. The maximum absolute atomic E-state index is 12.3. The first-order chi connectivity index (χ1) is 19.2. The van der Waals surface area contributed by atoms with Gasteiger partial charge < -0.3 is 54.0 Å². The third kappa shape index (κ3) is 6.24. The van der Waals surface area contributed by atoms with E-state index in [-0.39, 0.29) is 48.9 Å². The highest BCUT2D eigenvalue weighted by molar-refractivity contribution is 5.87. The number of aromatic hydroxyl groups is 1. The number of aliphatic hydroxyl groups excluding tert-OH is 4. The van der Waals surface area contributed by atoms with Crippen molar-refractivity contribution in [3.05, 3.63) is 35.4 Å². The van der Waals surface area contributed by atoms with E-state index in [1.165, 1.54) is 32.4 Å². The van der Waals surface area contributed by atoms with Crippen LogP contribution in [0.25, 0.3) is 6.08 Å². The number of rotatable bonds is 10. The van der Waals surface area contributed by atoms with E-state index in [9.17, 15) is 35.1 Å². The van der Waals surface area contributed by atoms with Crippen molar-refractivity contribution in [2.45, 2.75) is 37.1 Å². The minimum atomic E-state index is -1.63. The van der Waals surface area contributed by atoms with Crippen molar-refractivity contribution in [1.29, 1.82) is 0 Å². The van der Waals surface area contributed by atoms with E-state index in [1.807, 2.05) is 6.08 Å². The summed E-state index contributed by atoms with van der Waals surface area (Å²) in [6, 6.07) is 2.97. The van der Waals surface area contributed by atoms with Crippen molar-refractivity contribution < 1.29 is 63.5 Å². The van der Waals surface area contributed by atoms with Crippen molar-refractivity contribution in [2.24, 2.45) is 17.8 Å². The molecule has 1 aromatic carbocycles. The number of carbonyl (C=O) groups excluding carboxylic acids is 2. The minimum absolute atomic E-state index is 0.00376. The minimum Gasteiger partial charge on any atom is -0.502 e. The van der Waals surface area contributed by atoms with Crippen molar-refractivity contribution in [3.8, 4) is 17.2 Å². The van der Waals surface area contributed by atoms with E-state index in [2.05, 4.69) is 0 Å². The second kappa shape index (κ2) is 13.0. The van der Waals surface area contributed by atoms with Gasteiger partial charge >= 0.3 is 11.9 Å². The summed E-state index contributed by atoms with van der Waals surface area (Å²) in [5.74, 6) is -2.00. The van der Waals surface area contributed by atoms with Crippen LogP contribution in [0.5, 0.6) is 17.2 Å². The van der Waals surface area contributed by atoms with Crippen molar-refractivity contribution >= 4 is 18.0 Å². The zero-order chi connectivity index (χ0) is 29.0. The molecule has 2 aliphatic heterocycles. The predicted molar refractivity (Wildman–Crippen MR) is 135 cm³/mol. The second-order valence-electron chi connectivity index (χ2n) is 9.77. The van der Waals surface area contributed by atoms with Gasteiger partial charge in [-0.15, -0.1) is 0 Å². The van der Waals surface area contributed by atoms with Crippen LogP contribution in [-0.4, -0.2) is 109 Å². The van der Waals surface area contributed by atoms with Gasteiger partial charge in [-0.25, -0.2) is 4.79 Å². The van der Waals surface area contributed by atoms with Crippen molar-refractivity contribution in [1.82, 2.24) is 0 Å². The molecule has 0 bridgehead atoms. The fourth-order valence-electron chi connectivity index (χ4n) is 5.14. The molecule has 13 heteroatoms. The molecule has 0 aromatic heterocycles. The Kier molecular flexibility index (Phi) is 9.66. The molecule has 2 fully saturated rings. The van der Waals surface area contributed by atoms with Gasteiger partial charge in [-0.05, 0) is 41.7 Å². The standard InChI is InChI=1S/C27H34O13/c1-35-18-7-13(8-19(36-2)22(18)30)3-6-21(29)37-12-20-23(31)24(32)25(33)27(40-20)39-10-14-4-5-15-16(9-28)26(34)38-11-17(14)15/h3-4,6-8,15-17,20,23-25,27-28,30-33H,5,9-12H2,1-2H3/b6-3+/t15-,16+,17-,20+,23+,24-,25+,27-/m0/s1. The van der Waals surface area contributed by atoms with Crippen LogP contribution < -0.4 is 9.47 Å². The summed E-state index contributed by atoms with van der Waals surface area (Å²) in [4.78, 5) is 24.2. The van der Waals surface area contributed by atoms with Crippen LogP contribution >= 0.6 is 0 Å². The summed E-state index contributed by atoms with van der Waals surface area (Å²) in [5.41, 5.74) is 1.29. The molecule has 2 heterocycles. The fourth-order valence-corrected chi connectivity index (χ4v) is 5.14. The summed E-state index contributed by atoms with van der Waals surface area (Å²) in [7, 11) is 2.74.